The van der Waals surface area contributed by atoms with Crippen LogP contribution in [-0.4, -0.2) is 62.0 Å². The number of nitrogens with one attached hydrogen (secondary N) is 1. The molecule has 0 aromatic heterocycles. The molecular formula is C23H29N3O4S. The van der Waals surface area contributed by atoms with Crippen molar-refractivity contribution in [2.45, 2.75) is 32.1 Å². The molecule has 7 nitrogen and oxygen atoms in total. The zero-order valence-electron chi connectivity index (χ0n) is 18.2. The van der Waals surface area contributed by atoms with Crippen LogP contribution in [0, 0.1) is 13.8 Å². The summed E-state index contributed by atoms with van der Waals surface area (Å²) in [6.45, 7) is 7.82. The van der Waals surface area contributed by atoms with Gasteiger partial charge in [0.25, 0.3) is 0 Å². The number of aryl methyl sites for hydroxylation is 2. The Morgan fingerprint density at radius 1 is 0.968 bits per heavy atom. The SMILES string of the molecule is CC(=O)c1ccc(NC(=O)CCN2CCN(S(=O)(=O)c3ccc(C)cc3C)CC2)cc1. The second-order valence-corrected chi connectivity index (χ2v) is 9.85. The van der Waals surface area contributed by atoms with Crippen LogP contribution in [0.4, 0.5) is 5.69 Å². The number of sulfonamides is 1. The fourth-order valence-electron chi connectivity index (χ4n) is 3.69. The van der Waals surface area contributed by atoms with E-state index >= 15 is 0 Å². The molecule has 0 aliphatic carbocycles. The van der Waals surface area contributed by atoms with Gasteiger partial charge < -0.3 is 10.2 Å². The highest BCUT2D eigenvalue weighted by atomic mass is 32.2. The van der Waals surface area contributed by atoms with Gasteiger partial charge in [0.15, 0.2) is 5.78 Å². The summed E-state index contributed by atoms with van der Waals surface area (Å²) in [7, 11) is -3.51. The third kappa shape index (κ3) is 5.78. The van der Waals surface area contributed by atoms with Gasteiger partial charge in [-0.25, -0.2) is 8.42 Å². The third-order valence-electron chi connectivity index (χ3n) is 5.51. The van der Waals surface area contributed by atoms with Gasteiger partial charge >= 0.3 is 0 Å². The fourth-order valence-corrected chi connectivity index (χ4v) is 5.32. The molecule has 1 aliphatic heterocycles. The van der Waals surface area contributed by atoms with Crippen molar-refractivity contribution in [2.75, 3.05) is 38.0 Å². The van der Waals surface area contributed by atoms with Gasteiger partial charge in [0.1, 0.15) is 0 Å². The zero-order valence-corrected chi connectivity index (χ0v) is 19.0. The molecule has 0 saturated carbocycles. The number of benzene rings is 2. The van der Waals surface area contributed by atoms with Gasteiger partial charge in [-0.05, 0) is 56.7 Å². The smallest absolute Gasteiger partial charge is 0.243 e. The van der Waals surface area contributed by atoms with Gasteiger partial charge in [-0.3, -0.25) is 9.59 Å². The summed E-state index contributed by atoms with van der Waals surface area (Å²) >= 11 is 0. The Kier molecular flexibility index (Phi) is 7.25. The number of hydrogen-bond donors (Lipinski definition) is 1. The maximum Gasteiger partial charge on any atom is 0.243 e. The molecule has 31 heavy (non-hydrogen) atoms. The highest BCUT2D eigenvalue weighted by Crippen LogP contribution is 2.22. The molecule has 0 spiro atoms. The molecule has 0 radical (unpaired) electrons. The van der Waals surface area contributed by atoms with Crippen molar-refractivity contribution in [3.05, 3.63) is 59.2 Å². The minimum atomic E-state index is -3.51. The number of anilines is 1. The Morgan fingerprint density at radius 3 is 2.19 bits per heavy atom. The molecule has 1 saturated heterocycles. The second kappa shape index (κ2) is 9.72. The number of piperazine rings is 1. The average Bonchev–Trinajstić information content (AvgIpc) is 2.72. The summed E-state index contributed by atoms with van der Waals surface area (Å²) in [6.07, 6.45) is 0.318. The molecule has 2 aromatic carbocycles. The first-order chi connectivity index (χ1) is 14.7. The predicted molar refractivity (Wildman–Crippen MR) is 121 cm³/mol. The molecule has 0 atom stereocenters. The molecule has 1 amide bonds. The minimum absolute atomic E-state index is 0.0171. The number of rotatable bonds is 7. The molecule has 1 aliphatic rings. The van der Waals surface area contributed by atoms with E-state index < -0.39 is 10.0 Å². The summed E-state index contributed by atoms with van der Waals surface area (Å²) < 4.78 is 27.5. The van der Waals surface area contributed by atoms with Crippen LogP contribution < -0.4 is 5.32 Å². The standard InChI is InChI=1S/C23H29N3O4S/c1-17-4-9-22(18(2)16-17)31(29,30)26-14-12-25(13-15-26)11-10-23(28)24-21-7-5-20(6-8-21)19(3)27/h4-9,16H,10-15H2,1-3H3,(H,24,28). The van der Waals surface area contributed by atoms with E-state index in [4.69, 9.17) is 0 Å². The summed E-state index contributed by atoms with van der Waals surface area (Å²) in [5, 5.41) is 2.83. The number of nitrogens with zero attached hydrogens (tertiary/aromatic N) is 2. The van der Waals surface area contributed by atoms with Crippen molar-refractivity contribution in [1.82, 2.24) is 9.21 Å². The number of amides is 1. The second-order valence-electron chi connectivity index (χ2n) is 7.95. The summed E-state index contributed by atoms with van der Waals surface area (Å²) in [5.74, 6) is -0.127. The zero-order chi connectivity index (χ0) is 22.6. The monoisotopic (exact) mass is 443 g/mol. The average molecular weight is 444 g/mol. The number of hydrogen-bond acceptors (Lipinski definition) is 5. The lowest BCUT2D eigenvalue weighted by Crippen LogP contribution is -2.49. The molecule has 1 N–H and O–H groups in total. The first-order valence-electron chi connectivity index (χ1n) is 10.4. The van der Waals surface area contributed by atoms with E-state index in [1.54, 1.807) is 30.3 Å². The molecule has 0 bridgehead atoms. The van der Waals surface area contributed by atoms with E-state index in [0.717, 1.165) is 11.1 Å². The lowest BCUT2D eigenvalue weighted by atomic mass is 10.1. The Balaban J connectivity index is 1.48. The van der Waals surface area contributed by atoms with Crippen molar-refractivity contribution >= 4 is 27.4 Å². The molecule has 2 aromatic rings. The van der Waals surface area contributed by atoms with Crippen molar-refractivity contribution in [2.24, 2.45) is 0 Å². The van der Waals surface area contributed by atoms with Crippen molar-refractivity contribution in [3.8, 4) is 0 Å². The number of ketones is 1. The highest BCUT2D eigenvalue weighted by Gasteiger charge is 2.29. The molecule has 166 valence electrons. The highest BCUT2D eigenvalue weighted by molar-refractivity contribution is 7.89. The van der Waals surface area contributed by atoms with Crippen LogP contribution in [0.2, 0.25) is 0 Å². The van der Waals surface area contributed by atoms with E-state index in [1.807, 2.05) is 26.0 Å². The first-order valence-corrected chi connectivity index (χ1v) is 11.8. The van der Waals surface area contributed by atoms with Crippen LogP contribution in [0.5, 0.6) is 0 Å². The predicted octanol–water partition coefficient (Wildman–Crippen LogP) is 2.84. The van der Waals surface area contributed by atoms with Crippen molar-refractivity contribution in [1.29, 1.82) is 0 Å². The molecule has 8 heteroatoms. The van der Waals surface area contributed by atoms with Gasteiger partial charge in [-0.2, -0.15) is 4.31 Å². The minimum Gasteiger partial charge on any atom is -0.326 e. The van der Waals surface area contributed by atoms with Gasteiger partial charge in [-0.1, -0.05) is 17.7 Å². The van der Waals surface area contributed by atoms with Crippen LogP contribution in [-0.2, 0) is 14.8 Å². The molecular weight excluding hydrogens is 414 g/mol. The molecule has 3 rings (SSSR count). The Hall–Kier alpha value is -2.55. The Bertz CT molecular complexity index is 1060. The lowest BCUT2D eigenvalue weighted by Gasteiger charge is -2.34. The van der Waals surface area contributed by atoms with E-state index in [2.05, 4.69) is 10.2 Å². The van der Waals surface area contributed by atoms with Crippen LogP contribution in [0.1, 0.15) is 34.8 Å². The van der Waals surface area contributed by atoms with E-state index in [9.17, 15) is 18.0 Å². The van der Waals surface area contributed by atoms with Gasteiger partial charge in [0.05, 0.1) is 4.90 Å². The van der Waals surface area contributed by atoms with E-state index in [-0.39, 0.29) is 11.7 Å². The third-order valence-corrected chi connectivity index (χ3v) is 7.57. The molecule has 1 heterocycles. The summed E-state index contributed by atoms with van der Waals surface area (Å²) in [5.41, 5.74) is 3.05. The Labute approximate surface area is 184 Å². The van der Waals surface area contributed by atoms with Gasteiger partial charge in [-0.15, -0.1) is 0 Å². The normalized spacial score (nSPS) is 15.6. The summed E-state index contributed by atoms with van der Waals surface area (Å²) in [6, 6.07) is 12.2. The largest absolute Gasteiger partial charge is 0.326 e. The quantitative estimate of drug-likeness (QED) is 0.665. The van der Waals surface area contributed by atoms with Crippen molar-refractivity contribution in [3.63, 3.8) is 0 Å². The maximum atomic E-state index is 13.0. The number of carbonyl (C=O) groups excluding carboxylic acids is 2. The van der Waals surface area contributed by atoms with Crippen molar-refractivity contribution < 1.29 is 18.0 Å². The van der Waals surface area contributed by atoms with E-state index in [0.29, 0.717) is 55.3 Å². The van der Waals surface area contributed by atoms with Crippen LogP contribution in [0.3, 0.4) is 0 Å². The number of Topliss-reactive ketones (excluding diaryl/α,β-unsaturated/α-hetero) is 1. The van der Waals surface area contributed by atoms with E-state index in [1.165, 1.54) is 11.2 Å². The topological polar surface area (TPSA) is 86.8 Å². The molecule has 0 unspecified atom stereocenters. The number of carbonyl (C=O) groups is 2. The first kappa shape index (κ1) is 23.1. The maximum absolute atomic E-state index is 13.0. The summed E-state index contributed by atoms with van der Waals surface area (Å²) in [4.78, 5) is 26.0. The van der Waals surface area contributed by atoms with Crippen LogP contribution in [0.25, 0.3) is 0 Å². The Morgan fingerprint density at radius 2 is 1.61 bits per heavy atom. The molecule has 1 fully saturated rings. The fraction of sp³-hybridized carbons (Fsp3) is 0.391. The van der Waals surface area contributed by atoms with Crippen LogP contribution >= 0.6 is 0 Å². The lowest BCUT2D eigenvalue weighted by molar-refractivity contribution is -0.116. The van der Waals surface area contributed by atoms with Gasteiger partial charge in [0, 0.05) is 50.4 Å². The van der Waals surface area contributed by atoms with Crippen LogP contribution in [0.15, 0.2) is 47.4 Å². The van der Waals surface area contributed by atoms with Gasteiger partial charge in [0.2, 0.25) is 15.9 Å².